The van der Waals surface area contributed by atoms with E-state index >= 15 is 0 Å². The van der Waals surface area contributed by atoms with Crippen molar-refractivity contribution < 1.29 is 19.1 Å². The number of alkyl halides is 1. The molecule has 0 spiro atoms. The van der Waals surface area contributed by atoms with E-state index in [0.29, 0.717) is 10.6 Å². The van der Waals surface area contributed by atoms with Gasteiger partial charge in [-0.25, -0.2) is 4.79 Å². The summed E-state index contributed by atoms with van der Waals surface area (Å²) in [7, 11) is 0. The van der Waals surface area contributed by atoms with E-state index in [0.717, 1.165) is 5.56 Å². The molecule has 0 atom stereocenters. The highest BCUT2D eigenvalue weighted by atomic mass is 35.5. The van der Waals surface area contributed by atoms with Crippen LogP contribution in [-0.4, -0.2) is 30.8 Å². The molecule has 0 aromatic heterocycles. The lowest BCUT2D eigenvalue weighted by Gasteiger charge is -2.09. The molecule has 4 nitrogen and oxygen atoms in total. The molecule has 2 rings (SSSR count). The van der Waals surface area contributed by atoms with Crippen LogP contribution in [0.3, 0.4) is 0 Å². The Hall–Kier alpha value is -2.14. The number of benzene rings is 2. The van der Waals surface area contributed by atoms with Crippen LogP contribution < -0.4 is 0 Å². The molecule has 0 saturated heterocycles. The third kappa shape index (κ3) is 6.64. The number of rotatable bonds is 9. The maximum atomic E-state index is 12.5. The quantitative estimate of drug-likeness (QED) is 0.159. The number of hydrogen-bond acceptors (Lipinski definition) is 4. The molecule has 0 aliphatic carbocycles. The molecule has 0 unspecified atom stereocenters. The van der Waals surface area contributed by atoms with Gasteiger partial charge in [-0.2, -0.15) is 0 Å². The van der Waals surface area contributed by atoms with Crippen LogP contribution in [0, 0.1) is 0 Å². The Morgan fingerprint density at radius 1 is 1.04 bits per heavy atom. The van der Waals surface area contributed by atoms with Crippen molar-refractivity contribution in [2.75, 3.05) is 19.1 Å². The first-order valence-electron chi connectivity index (χ1n) is 7.95. The van der Waals surface area contributed by atoms with Gasteiger partial charge < -0.3 is 9.47 Å². The lowest BCUT2D eigenvalue weighted by atomic mass is 10.1. The molecule has 0 radical (unpaired) electrons. The number of Topliss-reactive ketones (excluding diaryl/α,β-unsaturated/α-hetero) is 1. The Bertz CT molecular complexity index is 772. The second kappa shape index (κ2) is 10.8. The Morgan fingerprint density at radius 2 is 1.81 bits per heavy atom. The van der Waals surface area contributed by atoms with Gasteiger partial charge in [-0.1, -0.05) is 54.1 Å². The summed E-state index contributed by atoms with van der Waals surface area (Å²) in [5.41, 5.74) is 1.35. The normalized spacial score (nSPS) is 11.2. The summed E-state index contributed by atoms with van der Waals surface area (Å²) in [6.45, 7) is 0.0404. The maximum absolute atomic E-state index is 12.5. The minimum atomic E-state index is -0.715. The number of carbonyl (C=O) groups excluding carboxylic acids is 2. The topological polar surface area (TPSA) is 52.6 Å². The molecule has 0 heterocycles. The second-order valence-electron chi connectivity index (χ2n) is 5.34. The molecular formula is C20H18Cl2O4. The minimum Gasteiger partial charge on any atom is -0.457 e. The van der Waals surface area contributed by atoms with E-state index in [1.165, 1.54) is 6.08 Å². The Morgan fingerprint density at radius 3 is 2.50 bits per heavy atom. The molecule has 0 bridgehead atoms. The third-order valence-corrected chi connectivity index (χ3v) is 3.74. The van der Waals surface area contributed by atoms with Crippen molar-refractivity contribution in [2.24, 2.45) is 0 Å². The molecule has 136 valence electrons. The minimum absolute atomic E-state index is 0.0718. The first kappa shape index (κ1) is 20.2. The first-order valence-corrected chi connectivity index (χ1v) is 8.86. The van der Waals surface area contributed by atoms with Gasteiger partial charge in [0.05, 0.1) is 6.61 Å². The number of halogens is 2. The zero-order valence-electron chi connectivity index (χ0n) is 14.0. The standard InChI is InChI=1S/C20H18Cl2O4/c21-9-10-25-14-19(23)18(12-16-7-4-8-17(22)11-16)20(24)26-13-15-5-2-1-3-6-15/h1-8,11-12H,9-10,13-14H2. The highest BCUT2D eigenvalue weighted by Crippen LogP contribution is 2.16. The molecule has 2 aromatic carbocycles. The smallest absolute Gasteiger partial charge is 0.342 e. The number of ketones is 1. The Kier molecular flexibility index (Phi) is 8.35. The van der Waals surface area contributed by atoms with E-state index in [9.17, 15) is 9.59 Å². The molecule has 0 aliphatic rings. The summed E-state index contributed by atoms with van der Waals surface area (Å²) in [5, 5.41) is 0.501. The molecule has 26 heavy (non-hydrogen) atoms. The van der Waals surface area contributed by atoms with Crippen LogP contribution in [0.25, 0.3) is 6.08 Å². The van der Waals surface area contributed by atoms with Crippen molar-refractivity contribution in [3.8, 4) is 0 Å². The SMILES string of the molecule is O=C(COCCCl)C(=Cc1cccc(Cl)c1)C(=O)OCc1ccccc1. The van der Waals surface area contributed by atoms with E-state index in [4.69, 9.17) is 32.7 Å². The largest absolute Gasteiger partial charge is 0.457 e. The first-order chi connectivity index (χ1) is 12.6. The van der Waals surface area contributed by atoms with Gasteiger partial charge in [-0.3, -0.25) is 4.79 Å². The lowest BCUT2D eigenvalue weighted by molar-refractivity contribution is -0.142. The highest BCUT2D eigenvalue weighted by Gasteiger charge is 2.20. The van der Waals surface area contributed by atoms with Crippen molar-refractivity contribution in [2.45, 2.75) is 6.61 Å². The number of esters is 1. The predicted molar refractivity (Wildman–Crippen MR) is 102 cm³/mol. The lowest BCUT2D eigenvalue weighted by Crippen LogP contribution is -2.20. The zero-order valence-corrected chi connectivity index (χ0v) is 15.5. The molecule has 0 N–H and O–H groups in total. The van der Waals surface area contributed by atoms with Crippen LogP contribution in [0.1, 0.15) is 11.1 Å². The highest BCUT2D eigenvalue weighted by molar-refractivity contribution is 6.30. The average Bonchev–Trinajstić information content (AvgIpc) is 2.65. The van der Waals surface area contributed by atoms with Crippen molar-refractivity contribution in [1.29, 1.82) is 0 Å². The summed E-state index contributed by atoms with van der Waals surface area (Å²) in [6.07, 6.45) is 1.45. The van der Waals surface area contributed by atoms with E-state index in [-0.39, 0.29) is 31.3 Å². The molecular weight excluding hydrogens is 375 g/mol. The third-order valence-electron chi connectivity index (χ3n) is 3.35. The average molecular weight is 393 g/mol. The number of carbonyl (C=O) groups is 2. The van der Waals surface area contributed by atoms with Gasteiger partial charge in [0.1, 0.15) is 18.8 Å². The molecule has 0 fully saturated rings. The molecule has 0 aliphatic heterocycles. The second-order valence-corrected chi connectivity index (χ2v) is 6.15. The van der Waals surface area contributed by atoms with Crippen LogP contribution in [0.4, 0.5) is 0 Å². The van der Waals surface area contributed by atoms with Gasteiger partial charge >= 0.3 is 5.97 Å². The summed E-state index contributed by atoms with van der Waals surface area (Å²) < 4.78 is 10.4. The van der Waals surface area contributed by atoms with Crippen LogP contribution in [0.5, 0.6) is 0 Å². The summed E-state index contributed by atoms with van der Waals surface area (Å²) in [4.78, 5) is 24.8. The summed E-state index contributed by atoms with van der Waals surface area (Å²) in [6, 6.07) is 16.1. The monoisotopic (exact) mass is 392 g/mol. The van der Waals surface area contributed by atoms with Gasteiger partial charge in [0.15, 0.2) is 5.78 Å². The molecule has 2 aromatic rings. The van der Waals surface area contributed by atoms with E-state index in [2.05, 4.69) is 0 Å². The van der Waals surface area contributed by atoms with Gasteiger partial charge in [-0.15, -0.1) is 11.6 Å². The van der Waals surface area contributed by atoms with Crippen LogP contribution >= 0.6 is 23.2 Å². The van der Waals surface area contributed by atoms with Gasteiger partial charge in [0, 0.05) is 10.9 Å². The fourth-order valence-corrected chi connectivity index (χ4v) is 2.42. The van der Waals surface area contributed by atoms with Crippen LogP contribution in [-0.2, 0) is 25.7 Å². The Labute approximate surface area is 162 Å². The fraction of sp³-hybridized carbons (Fsp3) is 0.200. The zero-order chi connectivity index (χ0) is 18.8. The number of ether oxygens (including phenoxy) is 2. The Balaban J connectivity index is 2.15. The molecule has 0 amide bonds. The van der Waals surface area contributed by atoms with Crippen molar-refractivity contribution in [1.82, 2.24) is 0 Å². The number of hydrogen-bond donors (Lipinski definition) is 0. The van der Waals surface area contributed by atoms with Crippen LogP contribution in [0.2, 0.25) is 5.02 Å². The van der Waals surface area contributed by atoms with E-state index in [1.807, 2.05) is 30.3 Å². The summed E-state index contributed by atoms with van der Waals surface area (Å²) in [5.74, 6) is -0.930. The van der Waals surface area contributed by atoms with Gasteiger partial charge in [0.25, 0.3) is 0 Å². The van der Waals surface area contributed by atoms with Crippen LogP contribution in [0.15, 0.2) is 60.2 Å². The molecule has 0 saturated carbocycles. The summed E-state index contributed by atoms with van der Waals surface area (Å²) >= 11 is 11.5. The van der Waals surface area contributed by atoms with E-state index < -0.39 is 11.8 Å². The fourth-order valence-electron chi connectivity index (χ4n) is 2.11. The van der Waals surface area contributed by atoms with Crippen molar-refractivity contribution in [3.05, 3.63) is 76.3 Å². The maximum Gasteiger partial charge on any atom is 0.342 e. The van der Waals surface area contributed by atoms with Gasteiger partial charge in [0.2, 0.25) is 0 Å². The van der Waals surface area contributed by atoms with Crippen molar-refractivity contribution >= 4 is 41.0 Å². The van der Waals surface area contributed by atoms with Gasteiger partial charge in [-0.05, 0) is 29.3 Å². The predicted octanol–water partition coefficient (Wildman–Crippen LogP) is 4.29. The van der Waals surface area contributed by atoms with Crippen molar-refractivity contribution in [3.63, 3.8) is 0 Å². The van der Waals surface area contributed by atoms with E-state index in [1.54, 1.807) is 24.3 Å². The molecule has 6 heteroatoms.